The van der Waals surface area contributed by atoms with Crippen LogP contribution in [0.15, 0.2) is 29.3 Å². The van der Waals surface area contributed by atoms with Crippen molar-refractivity contribution in [3.8, 4) is 11.5 Å². The highest BCUT2D eigenvalue weighted by Gasteiger charge is 2.34. The minimum absolute atomic E-state index is 0. The maximum absolute atomic E-state index is 9.35. The van der Waals surface area contributed by atoms with Gasteiger partial charge in [-0.05, 0) is 51.0 Å². The molecule has 1 aliphatic rings. The van der Waals surface area contributed by atoms with Crippen molar-refractivity contribution in [2.24, 2.45) is 10.4 Å². The van der Waals surface area contributed by atoms with Gasteiger partial charge in [-0.25, -0.2) is 0 Å². The normalized spacial score (nSPS) is 20.2. The second kappa shape index (κ2) is 13.1. The number of hydrogen-bond acceptors (Lipinski definition) is 5. The second-order valence-corrected chi connectivity index (χ2v) is 6.96. The van der Waals surface area contributed by atoms with E-state index in [1.807, 2.05) is 38.1 Å². The molecule has 0 spiro atoms. The number of aliphatic hydroxyl groups excluding tert-OH is 1. The molecular weight excluding hydrogens is 473 g/mol. The summed E-state index contributed by atoms with van der Waals surface area (Å²) in [6.07, 6.45) is 1.63. The van der Waals surface area contributed by atoms with Gasteiger partial charge >= 0.3 is 0 Å². The molecule has 1 saturated heterocycles. The Balaban J connectivity index is 0.00000392. The molecule has 2 atom stereocenters. The molecule has 3 N–H and O–H groups in total. The number of halogens is 1. The molecule has 2 rings (SSSR count). The number of hydrogen-bond donors (Lipinski definition) is 3. The summed E-state index contributed by atoms with van der Waals surface area (Å²) in [5.74, 6) is 2.37. The third-order valence-electron chi connectivity index (χ3n) is 4.70. The van der Waals surface area contributed by atoms with Crippen molar-refractivity contribution in [3.05, 3.63) is 24.3 Å². The maximum atomic E-state index is 9.35. The van der Waals surface area contributed by atoms with Gasteiger partial charge in [-0.15, -0.1) is 24.0 Å². The highest BCUT2D eigenvalue weighted by atomic mass is 127. The molecule has 0 amide bonds. The van der Waals surface area contributed by atoms with Crippen LogP contribution in [-0.2, 0) is 4.74 Å². The van der Waals surface area contributed by atoms with Gasteiger partial charge < -0.3 is 30.0 Å². The van der Waals surface area contributed by atoms with E-state index in [-0.39, 0.29) is 42.1 Å². The largest absolute Gasteiger partial charge is 0.497 e. The van der Waals surface area contributed by atoms with Crippen molar-refractivity contribution in [1.82, 2.24) is 10.6 Å². The van der Waals surface area contributed by atoms with Crippen LogP contribution in [0.2, 0.25) is 0 Å². The number of guanidine groups is 1. The standard InChI is InChI=1S/C20H33N3O4.HI/c1-4-21-19(23-14-20(9-11-24)10-12-26-15-20)22-13-16(2)27-18-7-5-17(25-3)6-8-18;/h5-8,16,24H,4,9-15H2,1-3H3,(H2,21,22,23);1H. The number of aliphatic imine (C=N–C) groups is 1. The summed E-state index contributed by atoms with van der Waals surface area (Å²) in [5.41, 5.74) is -0.0533. The van der Waals surface area contributed by atoms with E-state index in [1.165, 1.54) is 0 Å². The van der Waals surface area contributed by atoms with Crippen LogP contribution in [0.25, 0.3) is 0 Å². The van der Waals surface area contributed by atoms with Gasteiger partial charge in [0.2, 0.25) is 0 Å². The first-order valence-electron chi connectivity index (χ1n) is 9.62. The predicted molar refractivity (Wildman–Crippen MR) is 122 cm³/mol. The van der Waals surface area contributed by atoms with Gasteiger partial charge in [-0.3, -0.25) is 4.99 Å². The van der Waals surface area contributed by atoms with Crippen LogP contribution in [0, 0.1) is 5.41 Å². The third kappa shape index (κ3) is 8.00. The lowest BCUT2D eigenvalue weighted by molar-refractivity contribution is 0.131. The zero-order valence-electron chi connectivity index (χ0n) is 17.1. The Labute approximate surface area is 185 Å². The van der Waals surface area contributed by atoms with Crippen LogP contribution in [0.3, 0.4) is 0 Å². The molecule has 1 heterocycles. The fourth-order valence-electron chi connectivity index (χ4n) is 3.04. The number of aliphatic hydroxyl groups is 1. The lowest BCUT2D eigenvalue weighted by atomic mass is 9.84. The second-order valence-electron chi connectivity index (χ2n) is 6.96. The van der Waals surface area contributed by atoms with E-state index in [9.17, 15) is 5.11 Å². The van der Waals surface area contributed by atoms with Crippen molar-refractivity contribution in [2.75, 3.05) is 46.6 Å². The van der Waals surface area contributed by atoms with Crippen molar-refractivity contribution >= 4 is 29.9 Å². The first-order valence-corrected chi connectivity index (χ1v) is 9.62. The number of nitrogens with zero attached hydrogens (tertiary/aromatic N) is 1. The van der Waals surface area contributed by atoms with Crippen molar-refractivity contribution < 1.29 is 19.3 Å². The fraction of sp³-hybridized carbons (Fsp3) is 0.650. The highest BCUT2D eigenvalue weighted by molar-refractivity contribution is 14.0. The first-order chi connectivity index (χ1) is 13.1. The van der Waals surface area contributed by atoms with Crippen molar-refractivity contribution in [3.63, 3.8) is 0 Å². The van der Waals surface area contributed by atoms with E-state index >= 15 is 0 Å². The van der Waals surface area contributed by atoms with E-state index in [1.54, 1.807) is 7.11 Å². The summed E-state index contributed by atoms with van der Waals surface area (Å²) in [6, 6.07) is 7.55. The summed E-state index contributed by atoms with van der Waals surface area (Å²) < 4.78 is 16.6. The van der Waals surface area contributed by atoms with E-state index in [0.29, 0.717) is 26.1 Å². The van der Waals surface area contributed by atoms with Gasteiger partial charge in [0.05, 0.1) is 26.8 Å². The zero-order valence-corrected chi connectivity index (χ0v) is 19.4. The van der Waals surface area contributed by atoms with Crippen LogP contribution in [-0.4, -0.2) is 63.7 Å². The average Bonchev–Trinajstić information content (AvgIpc) is 3.14. The Bertz CT molecular complexity index is 577. The molecule has 2 unspecified atom stereocenters. The van der Waals surface area contributed by atoms with Crippen LogP contribution in [0.4, 0.5) is 0 Å². The highest BCUT2D eigenvalue weighted by Crippen LogP contribution is 2.32. The number of ether oxygens (including phenoxy) is 3. The molecule has 7 nitrogen and oxygen atoms in total. The van der Waals surface area contributed by atoms with Gasteiger partial charge in [0, 0.05) is 25.2 Å². The minimum Gasteiger partial charge on any atom is -0.497 e. The first kappa shape index (κ1) is 24.8. The van der Waals surface area contributed by atoms with E-state index in [0.717, 1.165) is 37.0 Å². The molecule has 0 saturated carbocycles. The van der Waals surface area contributed by atoms with Gasteiger partial charge in [0.25, 0.3) is 0 Å². The molecule has 0 aliphatic carbocycles. The van der Waals surface area contributed by atoms with Gasteiger partial charge in [0.15, 0.2) is 5.96 Å². The Morgan fingerprint density at radius 3 is 2.57 bits per heavy atom. The van der Waals surface area contributed by atoms with Gasteiger partial charge in [0.1, 0.15) is 17.6 Å². The Morgan fingerprint density at radius 1 is 1.29 bits per heavy atom. The van der Waals surface area contributed by atoms with Crippen LogP contribution < -0.4 is 20.1 Å². The van der Waals surface area contributed by atoms with Crippen molar-refractivity contribution in [2.45, 2.75) is 32.8 Å². The zero-order chi connectivity index (χ0) is 19.5. The Morgan fingerprint density at radius 2 is 2.00 bits per heavy atom. The molecular formula is C20H34IN3O4. The van der Waals surface area contributed by atoms with E-state index < -0.39 is 0 Å². The number of benzene rings is 1. The molecule has 160 valence electrons. The van der Waals surface area contributed by atoms with Crippen LogP contribution >= 0.6 is 24.0 Å². The molecule has 8 heteroatoms. The molecule has 1 fully saturated rings. The monoisotopic (exact) mass is 507 g/mol. The SMILES string of the molecule is CCNC(=NCC1(CCO)CCOC1)NCC(C)Oc1ccc(OC)cc1.I. The lowest BCUT2D eigenvalue weighted by Crippen LogP contribution is -2.42. The molecule has 0 radical (unpaired) electrons. The summed E-state index contributed by atoms with van der Waals surface area (Å²) in [4.78, 5) is 4.72. The molecule has 0 bridgehead atoms. The Kier molecular flexibility index (Phi) is 11.6. The fourth-order valence-corrected chi connectivity index (χ4v) is 3.04. The summed E-state index contributed by atoms with van der Waals surface area (Å²) in [7, 11) is 1.65. The minimum atomic E-state index is -0.0533. The van der Waals surface area contributed by atoms with Crippen LogP contribution in [0.1, 0.15) is 26.7 Å². The average molecular weight is 507 g/mol. The molecule has 1 aliphatic heterocycles. The smallest absolute Gasteiger partial charge is 0.191 e. The van der Waals surface area contributed by atoms with Gasteiger partial charge in [-0.2, -0.15) is 0 Å². The van der Waals surface area contributed by atoms with Gasteiger partial charge in [-0.1, -0.05) is 0 Å². The van der Waals surface area contributed by atoms with Crippen molar-refractivity contribution in [1.29, 1.82) is 0 Å². The molecule has 28 heavy (non-hydrogen) atoms. The lowest BCUT2D eigenvalue weighted by Gasteiger charge is -2.25. The topological polar surface area (TPSA) is 84.3 Å². The molecule has 1 aromatic carbocycles. The van der Waals surface area contributed by atoms with E-state index in [4.69, 9.17) is 19.2 Å². The third-order valence-corrected chi connectivity index (χ3v) is 4.70. The van der Waals surface area contributed by atoms with Crippen LogP contribution in [0.5, 0.6) is 11.5 Å². The van der Waals surface area contributed by atoms with E-state index in [2.05, 4.69) is 10.6 Å². The molecule has 0 aromatic heterocycles. The summed E-state index contributed by atoms with van der Waals surface area (Å²) in [5, 5.41) is 15.9. The predicted octanol–water partition coefficient (Wildman–Crippen LogP) is 2.42. The molecule has 1 aromatic rings. The Hall–Kier alpha value is -1.26. The maximum Gasteiger partial charge on any atom is 0.191 e. The number of nitrogens with one attached hydrogen (secondary N) is 2. The quantitative estimate of drug-likeness (QED) is 0.256. The summed E-state index contributed by atoms with van der Waals surface area (Å²) in [6.45, 7) is 7.66. The number of rotatable bonds is 10. The summed E-state index contributed by atoms with van der Waals surface area (Å²) >= 11 is 0. The number of methoxy groups -OCH3 is 1.